The number of hydrogen-bond acceptors (Lipinski definition) is 6. The lowest BCUT2D eigenvalue weighted by molar-refractivity contribution is 0.174. The normalized spacial score (nSPS) is 16.7. The highest BCUT2D eigenvalue weighted by molar-refractivity contribution is 5.57. The maximum Gasteiger partial charge on any atom is 0.231 e. The van der Waals surface area contributed by atoms with Crippen LogP contribution in [0, 0.1) is 18.3 Å². The number of hydrogen-bond donors (Lipinski definition) is 1. The summed E-state index contributed by atoms with van der Waals surface area (Å²) in [7, 11) is 0. The number of aromatic nitrogens is 2. The Kier molecular flexibility index (Phi) is 5.46. The van der Waals surface area contributed by atoms with Gasteiger partial charge in [0.2, 0.25) is 6.79 Å². The first-order valence-electron chi connectivity index (χ1n) is 11.1. The van der Waals surface area contributed by atoms with Crippen LogP contribution >= 0.6 is 0 Å². The smallest absolute Gasteiger partial charge is 0.231 e. The number of nitrogens with one attached hydrogen (secondary N) is 1. The van der Waals surface area contributed by atoms with Crippen molar-refractivity contribution in [2.24, 2.45) is 0 Å². The van der Waals surface area contributed by atoms with Crippen LogP contribution < -0.4 is 19.7 Å². The molecule has 3 heterocycles. The third-order valence-electron chi connectivity index (χ3n) is 6.46. The largest absolute Gasteiger partial charge is 0.454 e. The molecule has 32 heavy (non-hydrogen) atoms. The standard InChI is InChI=1S/C25H27N5O2/c1-17(23-15-27-30(18(23)2)21-5-3-19(14-26)4-6-21)28-20-9-11-29(12-10-20)22-7-8-24-25(13-22)32-16-31-24/h3-8,13,15,17,20,28H,9-12,16H2,1-2H3. The van der Waals surface area contributed by atoms with Crippen LogP contribution in [-0.2, 0) is 0 Å². The second-order valence-electron chi connectivity index (χ2n) is 8.44. The molecule has 0 amide bonds. The van der Waals surface area contributed by atoms with Gasteiger partial charge < -0.3 is 19.7 Å². The van der Waals surface area contributed by atoms with Gasteiger partial charge in [0.25, 0.3) is 0 Å². The number of nitriles is 1. The minimum absolute atomic E-state index is 0.212. The van der Waals surface area contributed by atoms with Gasteiger partial charge >= 0.3 is 0 Å². The maximum atomic E-state index is 9.01. The summed E-state index contributed by atoms with van der Waals surface area (Å²) in [6.07, 6.45) is 4.12. The molecule has 0 spiro atoms. The molecule has 1 unspecified atom stereocenters. The number of ether oxygens (including phenoxy) is 2. The molecule has 0 radical (unpaired) electrons. The topological polar surface area (TPSA) is 75.3 Å². The zero-order valence-corrected chi connectivity index (χ0v) is 18.4. The molecule has 0 bridgehead atoms. The summed E-state index contributed by atoms with van der Waals surface area (Å²) in [5.74, 6) is 1.67. The molecule has 2 aliphatic heterocycles. The van der Waals surface area contributed by atoms with Gasteiger partial charge in [-0.3, -0.25) is 0 Å². The van der Waals surface area contributed by atoms with Crippen LogP contribution in [0.4, 0.5) is 5.69 Å². The number of fused-ring (bicyclic) bond motifs is 1. The van der Waals surface area contributed by atoms with Crippen LogP contribution in [0.2, 0.25) is 0 Å². The molecule has 5 rings (SSSR count). The molecular weight excluding hydrogens is 402 g/mol. The summed E-state index contributed by atoms with van der Waals surface area (Å²) in [6.45, 7) is 6.63. The van der Waals surface area contributed by atoms with Gasteiger partial charge in [0.1, 0.15) is 0 Å². The lowest BCUT2D eigenvalue weighted by atomic mass is 10.0. The van der Waals surface area contributed by atoms with Gasteiger partial charge in [-0.05, 0) is 63.1 Å². The molecule has 7 nitrogen and oxygen atoms in total. The first kappa shape index (κ1) is 20.4. The van der Waals surface area contributed by atoms with E-state index in [9.17, 15) is 0 Å². The molecule has 2 aliphatic rings. The van der Waals surface area contributed by atoms with Crippen molar-refractivity contribution in [2.75, 3.05) is 24.8 Å². The van der Waals surface area contributed by atoms with Crippen LogP contribution in [0.5, 0.6) is 11.5 Å². The van der Waals surface area contributed by atoms with Crippen LogP contribution in [0.3, 0.4) is 0 Å². The molecule has 0 saturated carbocycles. The van der Waals surface area contributed by atoms with Crippen molar-refractivity contribution in [3.05, 3.63) is 65.5 Å². The van der Waals surface area contributed by atoms with E-state index in [0.29, 0.717) is 18.4 Å². The van der Waals surface area contributed by atoms with Gasteiger partial charge in [-0.25, -0.2) is 4.68 Å². The molecular formula is C25H27N5O2. The average molecular weight is 430 g/mol. The Hall–Kier alpha value is -3.50. The first-order valence-corrected chi connectivity index (χ1v) is 11.1. The number of piperidine rings is 1. The minimum atomic E-state index is 0.212. The van der Waals surface area contributed by atoms with Gasteiger partial charge in [0, 0.05) is 48.2 Å². The number of rotatable bonds is 5. The predicted octanol–water partition coefficient (Wildman–Crippen LogP) is 4.10. The fraction of sp³-hybridized carbons (Fsp3) is 0.360. The van der Waals surface area contributed by atoms with Crippen molar-refractivity contribution in [1.82, 2.24) is 15.1 Å². The molecule has 0 aliphatic carbocycles. The van der Waals surface area contributed by atoms with E-state index in [4.69, 9.17) is 14.7 Å². The van der Waals surface area contributed by atoms with Gasteiger partial charge in [-0.2, -0.15) is 10.4 Å². The Morgan fingerprint density at radius 1 is 1.06 bits per heavy atom. The fourth-order valence-corrected chi connectivity index (χ4v) is 4.61. The van der Waals surface area contributed by atoms with Crippen molar-refractivity contribution < 1.29 is 9.47 Å². The Bertz CT molecular complexity index is 1140. The van der Waals surface area contributed by atoms with E-state index in [-0.39, 0.29) is 6.04 Å². The van der Waals surface area contributed by atoms with Gasteiger partial charge in [0.05, 0.1) is 23.5 Å². The van der Waals surface area contributed by atoms with E-state index in [0.717, 1.165) is 48.8 Å². The van der Waals surface area contributed by atoms with E-state index in [1.54, 1.807) is 0 Å². The minimum Gasteiger partial charge on any atom is -0.454 e. The first-order chi connectivity index (χ1) is 15.6. The van der Waals surface area contributed by atoms with Crippen LogP contribution in [0.1, 0.15) is 42.6 Å². The molecule has 1 fully saturated rings. The van der Waals surface area contributed by atoms with E-state index in [2.05, 4.69) is 47.4 Å². The lowest BCUT2D eigenvalue weighted by Crippen LogP contribution is -2.43. The Morgan fingerprint density at radius 3 is 2.53 bits per heavy atom. The van der Waals surface area contributed by atoms with Crippen molar-refractivity contribution >= 4 is 5.69 Å². The zero-order chi connectivity index (χ0) is 22.1. The Labute approximate surface area is 188 Å². The third kappa shape index (κ3) is 3.90. The van der Waals surface area contributed by atoms with E-state index in [1.807, 2.05) is 41.2 Å². The molecule has 2 aromatic carbocycles. The van der Waals surface area contributed by atoms with Crippen molar-refractivity contribution in [3.63, 3.8) is 0 Å². The summed E-state index contributed by atoms with van der Waals surface area (Å²) >= 11 is 0. The van der Waals surface area contributed by atoms with Crippen LogP contribution in [0.15, 0.2) is 48.7 Å². The molecule has 1 atom stereocenters. The van der Waals surface area contributed by atoms with Crippen molar-refractivity contribution in [1.29, 1.82) is 5.26 Å². The zero-order valence-electron chi connectivity index (χ0n) is 18.4. The van der Waals surface area contributed by atoms with Crippen LogP contribution in [-0.4, -0.2) is 35.7 Å². The quantitative estimate of drug-likeness (QED) is 0.658. The van der Waals surface area contributed by atoms with Gasteiger partial charge in [-0.1, -0.05) is 0 Å². The fourth-order valence-electron chi connectivity index (χ4n) is 4.61. The summed E-state index contributed by atoms with van der Waals surface area (Å²) in [5.41, 5.74) is 5.14. The number of benzene rings is 2. The van der Waals surface area contributed by atoms with Gasteiger partial charge in [0.15, 0.2) is 11.5 Å². The Morgan fingerprint density at radius 2 is 1.78 bits per heavy atom. The highest BCUT2D eigenvalue weighted by Gasteiger charge is 2.24. The monoisotopic (exact) mass is 429 g/mol. The summed E-state index contributed by atoms with van der Waals surface area (Å²) in [6, 6.07) is 16.6. The highest BCUT2D eigenvalue weighted by Crippen LogP contribution is 2.36. The molecule has 7 heteroatoms. The average Bonchev–Trinajstić information content (AvgIpc) is 3.45. The third-order valence-corrected chi connectivity index (χ3v) is 6.46. The van der Waals surface area contributed by atoms with E-state index < -0.39 is 0 Å². The lowest BCUT2D eigenvalue weighted by Gasteiger charge is -2.35. The molecule has 1 N–H and O–H groups in total. The predicted molar refractivity (Wildman–Crippen MR) is 122 cm³/mol. The molecule has 3 aromatic rings. The highest BCUT2D eigenvalue weighted by atomic mass is 16.7. The van der Waals surface area contributed by atoms with Crippen LogP contribution in [0.25, 0.3) is 5.69 Å². The summed E-state index contributed by atoms with van der Waals surface area (Å²) < 4.78 is 12.9. The SMILES string of the molecule is Cc1c(C(C)NC2CCN(c3ccc4c(c3)OCO4)CC2)cnn1-c1ccc(C#N)cc1. The Balaban J connectivity index is 1.20. The number of anilines is 1. The van der Waals surface area contributed by atoms with E-state index in [1.165, 1.54) is 11.3 Å². The maximum absolute atomic E-state index is 9.01. The van der Waals surface area contributed by atoms with E-state index >= 15 is 0 Å². The van der Waals surface area contributed by atoms with Crippen molar-refractivity contribution in [2.45, 2.75) is 38.8 Å². The molecule has 1 saturated heterocycles. The second-order valence-corrected chi connectivity index (χ2v) is 8.44. The molecule has 164 valence electrons. The van der Waals surface area contributed by atoms with Gasteiger partial charge in [-0.15, -0.1) is 0 Å². The van der Waals surface area contributed by atoms with Crippen molar-refractivity contribution in [3.8, 4) is 23.3 Å². The summed E-state index contributed by atoms with van der Waals surface area (Å²) in [4.78, 5) is 2.42. The second kappa shape index (κ2) is 8.56. The summed E-state index contributed by atoms with van der Waals surface area (Å²) in [5, 5.41) is 17.4. The number of nitrogens with zero attached hydrogens (tertiary/aromatic N) is 4. The molecule has 1 aromatic heterocycles.